The summed E-state index contributed by atoms with van der Waals surface area (Å²) in [5, 5.41) is 0. The summed E-state index contributed by atoms with van der Waals surface area (Å²) < 4.78 is 13.3. The summed E-state index contributed by atoms with van der Waals surface area (Å²) >= 11 is 3.09. The number of halogens is 2. The first-order chi connectivity index (χ1) is 7.50. The molecule has 4 nitrogen and oxygen atoms in total. The zero-order valence-corrected chi connectivity index (χ0v) is 10.3. The first-order valence-corrected chi connectivity index (χ1v) is 5.40. The highest BCUT2D eigenvalue weighted by molar-refractivity contribution is 9.10. The first-order valence-electron chi connectivity index (χ1n) is 4.61. The van der Waals surface area contributed by atoms with Gasteiger partial charge >= 0.3 is 0 Å². The number of nitrogens with two attached hydrogens (primary N) is 1. The Morgan fingerprint density at radius 2 is 2.38 bits per heavy atom. The standard InChI is InChI=1S/C10H12BrFN2O2/c1-6(14-16-5-10(13)15)7-2-3-9(12)8(11)4-7/h2-4,6,14H,5H2,1H3,(H2,13,15). The van der Waals surface area contributed by atoms with E-state index in [1.807, 2.05) is 6.92 Å². The van der Waals surface area contributed by atoms with Crippen LogP contribution in [-0.4, -0.2) is 12.5 Å². The van der Waals surface area contributed by atoms with Crippen LogP contribution in [0.25, 0.3) is 0 Å². The largest absolute Gasteiger partial charge is 0.368 e. The van der Waals surface area contributed by atoms with Crippen LogP contribution < -0.4 is 11.2 Å². The highest BCUT2D eigenvalue weighted by Gasteiger charge is 2.08. The molecule has 1 atom stereocenters. The van der Waals surface area contributed by atoms with Crippen molar-refractivity contribution in [3.63, 3.8) is 0 Å². The van der Waals surface area contributed by atoms with E-state index >= 15 is 0 Å². The Balaban J connectivity index is 2.55. The van der Waals surface area contributed by atoms with Gasteiger partial charge in [0.1, 0.15) is 12.4 Å². The van der Waals surface area contributed by atoms with Gasteiger partial charge in [-0.1, -0.05) is 6.07 Å². The molecule has 0 spiro atoms. The van der Waals surface area contributed by atoms with E-state index < -0.39 is 5.91 Å². The number of hydrogen-bond donors (Lipinski definition) is 2. The smallest absolute Gasteiger partial charge is 0.245 e. The van der Waals surface area contributed by atoms with Crippen molar-refractivity contribution in [1.29, 1.82) is 0 Å². The van der Waals surface area contributed by atoms with Crippen molar-refractivity contribution in [3.8, 4) is 0 Å². The summed E-state index contributed by atoms with van der Waals surface area (Å²) in [7, 11) is 0. The molecular formula is C10H12BrFN2O2. The van der Waals surface area contributed by atoms with Crippen LogP contribution in [0.1, 0.15) is 18.5 Å². The van der Waals surface area contributed by atoms with Gasteiger partial charge in [0.05, 0.1) is 10.5 Å². The Hall–Kier alpha value is -0.980. The third-order valence-electron chi connectivity index (χ3n) is 1.92. The zero-order chi connectivity index (χ0) is 12.1. The second kappa shape index (κ2) is 5.93. The Kier molecular flexibility index (Phi) is 4.85. The molecule has 1 aromatic carbocycles. The van der Waals surface area contributed by atoms with Crippen LogP contribution in [0.5, 0.6) is 0 Å². The number of carbonyl (C=O) groups is 1. The maximum atomic E-state index is 13.0. The zero-order valence-electron chi connectivity index (χ0n) is 8.67. The van der Waals surface area contributed by atoms with Crippen molar-refractivity contribution >= 4 is 21.8 Å². The number of hydrogen-bond acceptors (Lipinski definition) is 3. The van der Waals surface area contributed by atoms with E-state index in [0.29, 0.717) is 4.47 Å². The van der Waals surface area contributed by atoms with Crippen LogP contribution in [0.15, 0.2) is 22.7 Å². The number of benzene rings is 1. The summed E-state index contributed by atoms with van der Waals surface area (Å²) in [5.41, 5.74) is 8.36. The number of rotatable bonds is 5. The molecule has 0 saturated heterocycles. The molecule has 0 saturated carbocycles. The fraction of sp³-hybridized carbons (Fsp3) is 0.300. The van der Waals surface area contributed by atoms with Gasteiger partial charge < -0.3 is 5.73 Å². The van der Waals surface area contributed by atoms with Gasteiger partial charge in [-0.05, 0) is 40.5 Å². The van der Waals surface area contributed by atoms with Gasteiger partial charge in [0.25, 0.3) is 0 Å². The lowest BCUT2D eigenvalue weighted by Gasteiger charge is -2.13. The average Bonchev–Trinajstić information content (AvgIpc) is 2.21. The second-order valence-corrected chi connectivity index (χ2v) is 4.12. The maximum Gasteiger partial charge on any atom is 0.245 e. The fourth-order valence-corrected chi connectivity index (χ4v) is 1.48. The molecule has 0 bridgehead atoms. The van der Waals surface area contributed by atoms with Gasteiger partial charge in [-0.25, -0.2) is 4.39 Å². The summed E-state index contributed by atoms with van der Waals surface area (Å²) in [6.45, 7) is 1.62. The minimum absolute atomic E-state index is 0.170. The van der Waals surface area contributed by atoms with Crippen molar-refractivity contribution in [1.82, 2.24) is 5.48 Å². The Morgan fingerprint density at radius 1 is 1.69 bits per heavy atom. The molecule has 1 amide bonds. The predicted molar refractivity (Wildman–Crippen MR) is 60.8 cm³/mol. The predicted octanol–water partition coefficient (Wildman–Crippen LogP) is 1.66. The molecule has 0 radical (unpaired) electrons. The molecule has 3 N–H and O–H groups in total. The van der Waals surface area contributed by atoms with Gasteiger partial charge in [-0.15, -0.1) is 0 Å². The van der Waals surface area contributed by atoms with Crippen molar-refractivity contribution < 1.29 is 14.0 Å². The lowest BCUT2D eigenvalue weighted by molar-refractivity contribution is -0.126. The average molecular weight is 291 g/mol. The summed E-state index contributed by atoms with van der Waals surface area (Å²) in [6.07, 6.45) is 0. The number of primary amides is 1. The number of nitrogens with one attached hydrogen (secondary N) is 1. The Morgan fingerprint density at radius 3 is 2.94 bits per heavy atom. The van der Waals surface area contributed by atoms with Gasteiger partial charge in [0, 0.05) is 0 Å². The topological polar surface area (TPSA) is 64.3 Å². The van der Waals surface area contributed by atoms with Crippen molar-refractivity contribution in [3.05, 3.63) is 34.1 Å². The molecule has 0 fully saturated rings. The molecule has 88 valence electrons. The number of amides is 1. The Labute approximate surface area is 101 Å². The lowest BCUT2D eigenvalue weighted by atomic mass is 10.1. The molecule has 1 unspecified atom stereocenters. The van der Waals surface area contributed by atoms with Crippen LogP contribution in [-0.2, 0) is 9.63 Å². The lowest BCUT2D eigenvalue weighted by Crippen LogP contribution is -2.26. The number of hydroxylamine groups is 1. The molecule has 0 heterocycles. The van der Waals surface area contributed by atoms with E-state index in [1.54, 1.807) is 12.1 Å². The molecular weight excluding hydrogens is 279 g/mol. The first kappa shape index (κ1) is 13.1. The quantitative estimate of drug-likeness (QED) is 0.811. The second-order valence-electron chi connectivity index (χ2n) is 3.27. The molecule has 6 heteroatoms. The third-order valence-corrected chi connectivity index (χ3v) is 2.53. The van der Waals surface area contributed by atoms with Gasteiger partial charge in [0.15, 0.2) is 0 Å². The van der Waals surface area contributed by atoms with Crippen LogP contribution in [0.4, 0.5) is 4.39 Å². The van der Waals surface area contributed by atoms with Gasteiger partial charge in [0.2, 0.25) is 5.91 Å². The SMILES string of the molecule is CC(NOCC(N)=O)c1ccc(F)c(Br)c1. The minimum atomic E-state index is -0.556. The monoisotopic (exact) mass is 290 g/mol. The normalized spacial score (nSPS) is 12.4. The summed E-state index contributed by atoms with van der Waals surface area (Å²) in [5.74, 6) is -0.881. The van der Waals surface area contributed by atoms with Crippen LogP contribution >= 0.6 is 15.9 Å². The van der Waals surface area contributed by atoms with Crippen molar-refractivity contribution in [2.45, 2.75) is 13.0 Å². The molecule has 1 rings (SSSR count). The maximum absolute atomic E-state index is 13.0. The highest BCUT2D eigenvalue weighted by Crippen LogP contribution is 2.20. The fourth-order valence-electron chi connectivity index (χ4n) is 1.09. The van der Waals surface area contributed by atoms with Crippen LogP contribution in [0, 0.1) is 5.82 Å². The van der Waals surface area contributed by atoms with E-state index in [0.717, 1.165) is 5.56 Å². The van der Waals surface area contributed by atoms with Crippen LogP contribution in [0.3, 0.4) is 0 Å². The van der Waals surface area contributed by atoms with E-state index in [4.69, 9.17) is 10.6 Å². The van der Waals surface area contributed by atoms with E-state index in [-0.39, 0.29) is 18.5 Å². The molecule has 0 aliphatic rings. The molecule has 1 aromatic rings. The summed E-state index contributed by atoms with van der Waals surface area (Å²) in [4.78, 5) is 15.3. The Bertz CT molecular complexity index is 387. The molecule has 0 aliphatic carbocycles. The third kappa shape index (κ3) is 3.88. The molecule has 0 aliphatic heterocycles. The molecule has 16 heavy (non-hydrogen) atoms. The summed E-state index contributed by atoms with van der Waals surface area (Å²) in [6, 6.07) is 4.45. The van der Waals surface area contributed by atoms with E-state index in [1.165, 1.54) is 6.07 Å². The minimum Gasteiger partial charge on any atom is -0.368 e. The van der Waals surface area contributed by atoms with E-state index in [2.05, 4.69) is 21.4 Å². The van der Waals surface area contributed by atoms with Gasteiger partial charge in [-0.2, -0.15) is 5.48 Å². The van der Waals surface area contributed by atoms with Crippen LogP contribution in [0.2, 0.25) is 0 Å². The molecule has 0 aromatic heterocycles. The van der Waals surface area contributed by atoms with Gasteiger partial charge in [-0.3, -0.25) is 9.63 Å². The van der Waals surface area contributed by atoms with Crippen molar-refractivity contribution in [2.75, 3.05) is 6.61 Å². The highest BCUT2D eigenvalue weighted by atomic mass is 79.9. The number of carbonyl (C=O) groups excluding carboxylic acids is 1. The van der Waals surface area contributed by atoms with E-state index in [9.17, 15) is 9.18 Å². The van der Waals surface area contributed by atoms with Crippen molar-refractivity contribution in [2.24, 2.45) is 5.73 Å².